The summed E-state index contributed by atoms with van der Waals surface area (Å²) in [6, 6.07) is 13.7. The summed E-state index contributed by atoms with van der Waals surface area (Å²) in [5.41, 5.74) is 2.99. The zero-order valence-electron chi connectivity index (χ0n) is 14.2. The number of benzene rings is 2. The minimum absolute atomic E-state index is 0.0444. The lowest BCUT2D eigenvalue weighted by molar-refractivity contribution is 0.0696. The molecule has 0 bridgehead atoms. The highest BCUT2D eigenvalue weighted by Crippen LogP contribution is 2.33. The number of halogens is 2. The molecule has 1 N–H and O–H groups in total. The van der Waals surface area contributed by atoms with Crippen LogP contribution in [-0.2, 0) is 6.54 Å². The molecule has 0 radical (unpaired) electrons. The Hall–Kier alpha value is -2.48. The van der Waals surface area contributed by atoms with Gasteiger partial charge in [0.05, 0.1) is 26.4 Å². The van der Waals surface area contributed by atoms with E-state index in [0.717, 1.165) is 15.8 Å². The maximum Gasteiger partial charge on any atom is 0.335 e. The highest BCUT2D eigenvalue weighted by molar-refractivity contribution is 9.10. The second-order valence-electron chi connectivity index (χ2n) is 6.04. The van der Waals surface area contributed by atoms with Crippen molar-refractivity contribution in [2.75, 3.05) is 0 Å². The van der Waals surface area contributed by atoms with Crippen molar-refractivity contribution in [3.8, 4) is 11.3 Å². The van der Waals surface area contributed by atoms with Crippen molar-refractivity contribution < 1.29 is 14.7 Å². The molecule has 8 heteroatoms. The number of rotatable bonds is 5. The third kappa shape index (κ3) is 3.37. The molecule has 0 saturated carbocycles. The van der Waals surface area contributed by atoms with Gasteiger partial charge in [-0.25, -0.2) is 4.79 Å². The normalized spacial score (nSPS) is 11.1. The molecule has 2 aromatic heterocycles. The minimum atomic E-state index is -0.978. The quantitative estimate of drug-likeness (QED) is 0.372. The molecule has 0 fully saturated rings. The smallest absolute Gasteiger partial charge is 0.335 e. The van der Waals surface area contributed by atoms with Gasteiger partial charge >= 0.3 is 5.97 Å². The standard InChI is InChI=1S/C20H12BrClN2O3S/c21-13-2-1-3-14(22)17(13)16(25)10-24-15-8-9-28-19(15)18(23-24)11-4-6-12(7-5-11)20(26)27/h1-9H,10H2,(H,26,27). The number of nitrogens with zero attached hydrogens (tertiary/aromatic N) is 2. The number of carbonyl (C=O) groups is 2. The van der Waals surface area contributed by atoms with Gasteiger partial charge in [-0.1, -0.05) is 29.8 Å². The second kappa shape index (κ2) is 7.50. The van der Waals surface area contributed by atoms with Crippen LogP contribution in [-0.4, -0.2) is 26.6 Å². The molecule has 2 heterocycles. The number of carbonyl (C=O) groups excluding carboxylic acids is 1. The summed E-state index contributed by atoms with van der Waals surface area (Å²) in [6.45, 7) is 0.0444. The maximum absolute atomic E-state index is 12.8. The largest absolute Gasteiger partial charge is 0.478 e. The van der Waals surface area contributed by atoms with E-state index >= 15 is 0 Å². The zero-order chi connectivity index (χ0) is 19.8. The summed E-state index contributed by atoms with van der Waals surface area (Å²) < 4.78 is 3.24. The number of fused-ring (bicyclic) bond motifs is 1. The van der Waals surface area contributed by atoms with Gasteiger partial charge in [0.1, 0.15) is 12.2 Å². The van der Waals surface area contributed by atoms with Gasteiger partial charge in [0.2, 0.25) is 0 Å². The molecule has 0 amide bonds. The molecular weight excluding hydrogens is 464 g/mol. The highest BCUT2D eigenvalue weighted by Gasteiger charge is 2.19. The molecule has 0 aliphatic heterocycles. The van der Waals surface area contributed by atoms with E-state index in [1.165, 1.54) is 11.3 Å². The summed E-state index contributed by atoms with van der Waals surface area (Å²) in [4.78, 5) is 23.9. The van der Waals surface area contributed by atoms with Crippen molar-refractivity contribution in [1.82, 2.24) is 9.78 Å². The molecule has 0 spiro atoms. The first-order chi connectivity index (χ1) is 13.5. The Morgan fingerprint density at radius 2 is 1.89 bits per heavy atom. The number of hydrogen-bond donors (Lipinski definition) is 1. The van der Waals surface area contributed by atoms with E-state index in [-0.39, 0.29) is 17.9 Å². The monoisotopic (exact) mass is 474 g/mol. The molecule has 0 unspecified atom stereocenters. The van der Waals surface area contributed by atoms with Crippen LogP contribution in [0, 0.1) is 0 Å². The Labute approximate surface area is 177 Å². The van der Waals surface area contributed by atoms with E-state index < -0.39 is 5.97 Å². The first-order valence-electron chi connectivity index (χ1n) is 8.20. The van der Waals surface area contributed by atoms with Gasteiger partial charge in [-0.2, -0.15) is 5.10 Å². The summed E-state index contributed by atoms with van der Waals surface area (Å²) in [7, 11) is 0. The van der Waals surface area contributed by atoms with Crippen LogP contribution in [0.4, 0.5) is 0 Å². The number of carboxylic acids is 1. The van der Waals surface area contributed by atoms with Gasteiger partial charge < -0.3 is 5.11 Å². The summed E-state index contributed by atoms with van der Waals surface area (Å²) in [5.74, 6) is -1.13. The predicted octanol–water partition coefficient (Wildman–Crippen LogP) is 5.76. The van der Waals surface area contributed by atoms with E-state index in [1.807, 2.05) is 11.4 Å². The van der Waals surface area contributed by atoms with Crippen molar-refractivity contribution in [1.29, 1.82) is 0 Å². The van der Waals surface area contributed by atoms with Gasteiger partial charge in [0, 0.05) is 10.0 Å². The van der Waals surface area contributed by atoms with Gasteiger partial charge in [-0.15, -0.1) is 11.3 Å². The Morgan fingerprint density at radius 3 is 2.57 bits per heavy atom. The first-order valence-corrected chi connectivity index (χ1v) is 10.3. The number of thiophene rings is 1. The Morgan fingerprint density at radius 1 is 1.14 bits per heavy atom. The van der Waals surface area contributed by atoms with Gasteiger partial charge in [0.25, 0.3) is 0 Å². The summed E-state index contributed by atoms with van der Waals surface area (Å²) in [6.07, 6.45) is 0. The van der Waals surface area contributed by atoms with Gasteiger partial charge in [0.15, 0.2) is 5.78 Å². The number of hydrogen-bond acceptors (Lipinski definition) is 4. The number of Topliss-reactive ketones (excluding diaryl/α,β-unsaturated/α-hetero) is 1. The van der Waals surface area contributed by atoms with Crippen molar-refractivity contribution in [2.45, 2.75) is 6.54 Å². The fourth-order valence-corrected chi connectivity index (χ4v) is 4.84. The molecule has 28 heavy (non-hydrogen) atoms. The van der Waals surface area contributed by atoms with Crippen molar-refractivity contribution >= 4 is 60.8 Å². The predicted molar refractivity (Wildman–Crippen MR) is 113 cm³/mol. The van der Waals surface area contributed by atoms with Gasteiger partial charge in [-0.3, -0.25) is 9.48 Å². The molecule has 0 atom stereocenters. The maximum atomic E-state index is 12.8. The van der Waals surface area contributed by atoms with Crippen LogP contribution >= 0.6 is 38.9 Å². The van der Waals surface area contributed by atoms with E-state index in [4.69, 9.17) is 16.7 Å². The Balaban J connectivity index is 1.73. The lowest BCUT2D eigenvalue weighted by atomic mass is 10.1. The zero-order valence-corrected chi connectivity index (χ0v) is 17.4. The lowest BCUT2D eigenvalue weighted by Crippen LogP contribution is -2.12. The van der Waals surface area contributed by atoms with Crippen LogP contribution in [0.2, 0.25) is 5.02 Å². The van der Waals surface area contributed by atoms with Crippen molar-refractivity contribution in [2.24, 2.45) is 0 Å². The van der Waals surface area contributed by atoms with Crippen LogP contribution in [0.25, 0.3) is 21.5 Å². The Bertz CT molecular complexity index is 1190. The average molecular weight is 476 g/mol. The van der Waals surface area contributed by atoms with Gasteiger partial charge in [-0.05, 0) is 51.6 Å². The second-order valence-corrected chi connectivity index (χ2v) is 8.22. The lowest BCUT2D eigenvalue weighted by Gasteiger charge is -2.07. The number of aromatic carboxylic acids is 1. The molecule has 0 aliphatic carbocycles. The molecule has 4 rings (SSSR count). The van der Waals surface area contributed by atoms with Crippen LogP contribution in [0.15, 0.2) is 58.4 Å². The fourth-order valence-electron chi connectivity index (χ4n) is 2.96. The number of aromatic nitrogens is 2. The van der Waals surface area contributed by atoms with Crippen molar-refractivity contribution in [3.05, 3.63) is 74.5 Å². The Kier molecular flexibility index (Phi) is 5.05. The molecule has 2 aromatic carbocycles. The van der Waals surface area contributed by atoms with E-state index in [9.17, 15) is 9.59 Å². The molecular formula is C20H12BrClN2O3S. The minimum Gasteiger partial charge on any atom is -0.478 e. The summed E-state index contributed by atoms with van der Waals surface area (Å²) in [5, 5.41) is 16.0. The molecule has 140 valence electrons. The highest BCUT2D eigenvalue weighted by atomic mass is 79.9. The molecule has 0 saturated heterocycles. The van der Waals surface area contributed by atoms with E-state index in [1.54, 1.807) is 47.1 Å². The van der Waals surface area contributed by atoms with Crippen LogP contribution in [0.5, 0.6) is 0 Å². The first kappa shape index (κ1) is 18.9. The van der Waals surface area contributed by atoms with Crippen LogP contribution < -0.4 is 0 Å². The van der Waals surface area contributed by atoms with E-state index in [0.29, 0.717) is 20.8 Å². The fraction of sp³-hybridized carbons (Fsp3) is 0.0500. The van der Waals surface area contributed by atoms with Crippen LogP contribution in [0.3, 0.4) is 0 Å². The third-order valence-electron chi connectivity index (χ3n) is 4.30. The third-order valence-corrected chi connectivity index (χ3v) is 6.18. The topological polar surface area (TPSA) is 72.2 Å². The van der Waals surface area contributed by atoms with E-state index in [2.05, 4.69) is 21.0 Å². The average Bonchev–Trinajstić information content (AvgIpc) is 3.25. The molecule has 4 aromatic rings. The molecule has 5 nitrogen and oxygen atoms in total. The number of ketones is 1. The molecule has 0 aliphatic rings. The number of carboxylic acid groups (broad SMARTS) is 1. The van der Waals surface area contributed by atoms with Crippen molar-refractivity contribution in [3.63, 3.8) is 0 Å². The summed E-state index contributed by atoms with van der Waals surface area (Å²) >= 11 is 11.1. The SMILES string of the molecule is O=C(O)c1ccc(-c2nn(CC(=O)c3c(Cl)cccc3Br)c3ccsc23)cc1. The van der Waals surface area contributed by atoms with Crippen LogP contribution in [0.1, 0.15) is 20.7 Å².